The largest absolute Gasteiger partial charge is 0.339 e. The Labute approximate surface area is 119 Å². The highest BCUT2D eigenvalue weighted by Crippen LogP contribution is 2.22. The van der Waals surface area contributed by atoms with Gasteiger partial charge in [0, 0.05) is 29.6 Å². The number of amides is 1. The Morgan fingerprint density at radius 3 is 2.37 bits per heavy atom. The lowest BCUT2D eigenvalue weighted by Crippen LogP contribution is -2.42. The second-order valence-electron chi connectivity index (χ2n) is 5.22. The smallest absolute Gasteiger partial charge is 0.253 e. The molecule has 0 aliphatic carbocycles. The molecular formula is C15H22N2OS. The predicted octanol–water partition coefficient (Wildman–Crippen LogP) is 2.61. The number of rotatable bonds is 3. The standard InChI is InChI=1S/C15H22N2OS/c1-11(16)12-7-9-17(10-8-12)15(18)13-3-5-14(19-2)6-4-13/h3-6,11-12H,7-10,16H2,1-2H3. The van der Waals surface area contributed by atoms with Crippen molar-refractivity contribution >= 4 is 17.7 Å². The zero-order valence-corrected chi connectivity index (χ0v) is 12.5. The number of piperidine rings is 1. The number of hydrogen-bond donors (Lipinski definition) is 1. The molecule has 3 nitrogen and oxygen atoms in total. The molecular weight excluding hydrogens is 256 g/mol. The molecule has 104 valence electrons. The summed E-state index contributed by atoms with van der Waals surface area (Å²) in [4.78, 5) is 15.5. The summed E-state index contributed by atoms with van der Waals surface area (Å²) in [5.74, 6) is 0.707. The Bertz CT molecular complexity index is 422. The molecule has 1 unspecified atom stereocenters. The van der Waals surface area contributed by atoms with Gasteiger partial charge in [0.05, 0.1) is 0 Å². The SMILES string of the molecule is CSc1ccc(C(=O)N2CCC(C(C)N)CC2)cc1. The minimum Gasteiger partial charge on any atom is -0.339 e. The van der Waals surface area contributed by atoms with Crippen molar-refractivity contribution in [2.75, 3.05) is 19.3 Å². The quantitative estimate of drug-likeness (QED) is 0.865. The molecule has 1 saturated heterocycles. The van der Waals surface area contributed by atoms with Crippen molar-refractivity contribution < 1.29 is 4.79 Å². The first-order valence-electron chi connectivity index (χ1n) is 6.80. The third-order valence-electron chi connectivity index (χ3n) is 3.91. The van der Waals surface area contributed by atoms with Gasteiger partial charge in [-0.15, -0.1) is 11.8 Å². The maximum Gasteiger partial charge on any atom is 0.253 e. The van der Waals surface area contributed by atoms with Gasteiger partial charge in [0.2, 0.25) is 0 Å². The first-order chi connectivity index (χ1) is 9.11. The summed E-state index contributed by atoms with van der Waals surface area (Å²) >= 11 is 1.69. The minimum atomic E-state index is 0.149. The van der Waals surface area contributed by atoms with E-state index in [-0.39, 0.29) is 11.9 Å². The molecule has 1 aromatic carbocycles. The van der Waals surface area contributed by atoms with E-state index in [0.29, 0.717) is 5.92 Å². The molecule has 19 heavy (non-hydrogen) atoms. The molecule has 1 aliphatic rings. The number of hydrogen-bond acceptors (Lipinski definition) is 3. The number of carbonyl (C=O) groups excluding carboxylic acids is 1. The second kappa shape index (κ2) is 6.44. The van der Waals surface area contributed by atoms with Crippen LogP contribution in [0.5, 0.6) is 0 Å². The average molecular weight is 278 g/mol. The Hall–Kier alpha value is -1.00. The second-order valence-corrected chi connectivity index (χ2v) is 6.10. The lowest BCUT2D eigenvalue weighted by atomic mass is 9.90. The molecule has 0 radical (unpaired) electrons. The first-order valence-corrected chi connectivity index (χ1v) is 8.03. The Morgan fingerprint density at radius 1 is 1.32 bits per heavy atom. The van der Waals surface area contributed by atoms with E-state index in [2.05, 4.69) is 6.92 Å². The van der Waals surface area contributed by atoms with Crippen LogP contribution in [0.3, 0.4) is 0 Å². The van der Waals surface area contributed by atoms with Crippen LogP contribution in [0.15, 0.2) is 29.2 Å². The molecule has 1 atom stereocenters. The summed E-state index contributed by atoms with van der Waals surface area (Å²) in [5.41, 5.74) is 6.71. The van der Waals surface area contributed by atoms with Crippen molar-refractivity contribution in [2.24, 2.45) is 11.7 Å². The minimum absolute atomic E-state index is 0.149. The lowest BCUT2D eigenvalue weighted by molar-refractivity contribution is 0.0681. The summed E-state index contributed by atoms with van der Waals surface area (Å²) < 4.78 is 0. The highest BCUT2D eigenvalue weighted by atomic mass is 32.2. The van der Waals surface area contributed by atoms with Gasteiger partial charge in [-0.05, 0) is 56.2 Å². The van der Waals surface area contributed by atoms with Gasteiger partial charge < -0.3 is 10.6 Å². The van der Waals surface area contributed by atoms with E-state index < -0.39 is 0 Å². The van der Waals surface area contributed by atoms with Gasteiger partial charge in [0.25, 0.3) is 5.91 Å². The van der Waals surface area contributed by atoms with Crippen molar-refractivity contribution in [3.8, 4) is 0 Å². The molecule has 0 spiro atoms. The highest BCUT2D eigenvalue weighted by molar-refractivity contribution is 7.98. The van der Waals surface area contributed by atoms with Crippen molar-refractivity contribution in [1.82, 2.24) is 4.90 Å². The van der Waals surface area contributed by atoms with Crippen molar-refractivity contribution in [1.29, 1.82) is 0 Å². The molecule has 1 amide bonds. The van der Waals surface area contributed by atoms with Crippen molar-refractivity contribution in [3.63, 3.8) is 0 Å². The molecule has 0 bridgehead atoms. The number of likely N-dealkylation sites (tertiary alicyclic amines) is 1. The average Bonchev–Trinajstić information content (AvgIpc) is 2.46. The van der Waals surface area contributed by atoms with E-state index in [1.807, 2.05) is 35.4 Å². The number of thioether (sulfide) groups is 1. The highest BCUT2D eigenvalue weighted by Gasteiger charge is 2.25. The van der Waals surface area contributed by atoms with Crippen LogP contribution >= 0.6 is 11.8 Å². The van der Waals surface area contributed by atoms with Crippen LogP contribution in [-0.4, -0.2) is 36.2 Å². The fourth-order valence-electron chi connectivity index (χ4n) is 2.54. The third kappa shape index (κ3) is 3.51. The molecule has 4 heteroatoms. The number of nitrogens with two attached hydrogens (primary N) is 1. The Balaban J connectivity index is 1.97. The normalized spacial score (nSPS) is 18.4. The van der Waals surface area contributed by atoms with E-state index in [9.17, 15) is 4.79 Å². The first kappa shape index (κ1) is 14.4. The van der Waals surface area contributed by atoms with Gasteiger partial charge >= 0.3 is 0 Å². The predicted molar refractivity (Wildman–Crippen MR) is 80.5 cm³/mol. The number of benzene rings is 1. The van der Waals surface area contributed by atoms with E-state index >= 15 is 0 Å². The molecule has 2 N–H and O–H groups in total. The van der Waals surface area contributed by atoms with Crippen molar-refractivity contribution in [3.05, 3.63) is 29.8 Å². The summed E-state index contributed by atoms with van der Waals surface area (Å²) in [6, 6.07) is 8.09. The summed E-state index contributed by atoms with van der Waals surface area (Å²) in [5, 5.41) is 0. The summed E-state index contributed by atoms with van der Waals surface area (Å²) in [6.45, 7) is 3.72. The van der Waals surface area contributed by atoms with Crippen LogP contribution in [-0.2, 0) is 0 Å². The van der Waals surface area contributed by atoms with Crippen LogP contribution in [0, 0.1) is 5.92 Å². The van der Waals surface area contributed by atoms with Gasteiger partial charge in [-0.3, -0.25) is 4.79 Å². The van der Waals surface area contributed by atoms with Crippen LogP contribution in [0.1, 0.15) is 30.1 Å². The Kier molecular flexibility index (Phi) is 4.88. The Morgan fingerprint density at radius 2 is 1.89 bits per heavy atom. The molecule has 1 aromatic rings. The van der Waals surface area contributed by atoms with E-state index in [1.165, 1.54) is 4.90 Å². The van der Waals surface area contributed by atoms with Crippen LogP contribution in [0.25, 0.3) is 0 Å². The van der Waals surface area contributed by atoms with E-state index in [1.54, 1.807) is 11.8 Å². The topological polar surface area (TPSA) is 46.3 Å². The maximum absolute atomic E-state index is 12.4. The van der Waals surface area contributed by atoms with Crippen molar-refractivity contribution in [2.45, 2.75) is 30.7 Å². The zero-order valence-electron chi connectivity index (χ0n) is 11.6. The molecule has 0 aromatic heterocycles. The third-order valence-corrected chi connectivity index (χ3v) is 4.65. The number of carbonyl (C=O) groups is 1. The molecule has 2 rings (SSSR count). The fraction of sp³-hybridized carbons (Fsp3) is 0.533. The lowest BCUT2D eigenvalue weighted by Gasteiger charge is -2.33. The van der Waals surface area contributed by atoms with E-state index in [4.69, 9.17) is 5.73 Å². The van der Waals surface area contributed by atoms with Crippen LogP contribution < -0.4 is 5.73 Å². The zero-order chi connectivity index (χ0) is 13.8. The fourth-order valence-corrected chi connectivity index (χ4v) is 2.95. The molecule has 1 fully saturated rings. The maximum atomic E-state index is 12.4. The molecule has 1 aliphatic heterocycles. The van der Waals surface area contributed by atoms with Gasteiger partial charge in [-0.25, -0.2) is 0 Å². The van der Waals surface area contributed by atoms with Crippen LogP contribution in [0.4, 0.5) is 0 Å². The monoisotopic (exact) mass is 278 g/mol. The van der Waals surface area contributed by atoms with Gasteiger partial charge in [0.1, 0.15) is 0 Å². The van der Waals surface area contributed by atoms with Gasteiger partial charge in [-0.1, -0.05) is 0 Å². The van der Waals surface area contributed by atoms with Gasteiger partial charge in [0.15, 0.2) is 0 Å². The van der Waals surface area contributed by atoms with Crippen LogP contribution in [0.2, 0.25) is 0 Å². The summed E-state index contributed by atoms with van der Waals surface area (Å²) in [7, 11) is 0. The molecule has 1 heterocycles. The van der Waals surface area contributed by atoms with E-state index in [0.717, 1.165) is 31.5 Å². The molecule has 0 saturated carbocycles. The van der Waals surface area contributed by atoms with Gasteiger partial charge in [-0.2, -0.15) is 0 Å². The summed E-state index contributed by atoms with van der Waals surface area (Å²) in [6.07, 6.45) is 4.08. The number of nitrogens with zero attached hydrogens (tertiary/aromatic N) is 1.